The molecule has 0 unspecified atom stereocenters. The second-order valence-electron chi connectivity index (χ2n) is 5.80. The van der Waals surface area contributed by atoms with Crippen molar-refractivity contribution in [2.45, 2.75) is 4.90 Å². The van der Waals surface area contributed by atoms with Crippen LogP contribution >= 0.6 is 39.5 Å². The van der Waals surface area contributed by atoms with E-state index in [4.69, 9.17) is 11.6 Å². The molecule has 26 heavy (non-hydrogen) atoms. The van der Waals surface area contributed by atoms with E-state index in [0.29, 0.717) is 23.7 Å². The van der Waals surface area contributed by atoms with E-state index in [1.165, 1.54) is 23.1 Å². The second-order valence-corrected chi connectivity index (χ2v) is 8.32. The summed E-state index contributed by atoms with van der Waals surface area (Å²) in [4.78, 5) is 15.3. The van der Waals surface area contributed by atoms with E-state index in [9.17, 15) is 9.18 Å². The third-order valence-electron chi connectivity index (χ3n) is 3.97. The van der Waals surface area contributed by atoms with E-state index in [1.807, 2.05) is 12.1 Å². The van der Waals surface area contributed by atoms with Crippen LogP contribution in [0.15, 0.2) is 57.9 Å². The Hall–Kier alpha value is -1.34. The van der Waals surface area contributed by atoms with Crippen LogP contribution in [0.5, 0.6) is 0 Å². The lowest BCUT2D eigenvalue weighted by molar-refractivity contribution is -0.127. The first-order valence-corrected chi connectivity index (χ1v) is 10.1. The predicted molar refractivity (Wildman–Crippen MR) is 109 cm³/mol. The summed E-state index contributed by atoms with van der Waals surface area (Å²) in [6.07, 6.45) is 2.92. The number of amides is 1. The Kier molecular flexibility index (Phi) is 6.75. The van der Waals surface area contributed by atoms with Crippen LogP contribution in [0, 0.1) is 5.82 Å². The number of carbonyl (C=O) groups is 1. The van der Waals surface area contributed by atoms with Gasteiger partial charge >= 0.3 is 0 Å². The van der Waals surface area contributed by atoms with E-state index in [2.05, 4.69) is 32.4 Å². The van der Waals surface area contributed by atoms with Gasteiger partial charge in [-0.25, -0.2) is 8.70 Å². The minimum atomic E-state index is -0.433. The normalized spacial score (nSPS) is 15.6. The van der Waals surface area contributed by atoms with Crippen molar-refractivity contribution in [1.82, 2.24) is 9.21 Å². The zero-order valence-electron chi connectivity index (χ0n) is 13.9. The summed E-state index contributed by atoms with van der Waals surface area (Å²) in [5.74, 6) is -0.537. The molecule has 1 heterocycles. The number of rotatable bonds is 4. The quantitative estimate of drug-likeness (QED) is 0.473. The molecule has 1 saturated heterocycles. The van der Waals surface area contributed by atoms with Crippen molar-refractivity contribution in [2.75, 3.05) is 26.2 Å². The maximum atomic E-state index is 13.8. The summed E-state index contributed by atoms with van der Waals surface area (Å²) in [5, 5.41) is 0.338. The molecular formula is C19H17BrClFN2OS. The molecule has 1 fully saturated rings. The summed E-state index contributed by atoms with van der Waals surface area (Å²) >= 11 is 10.9. The highest BCUT2D eigenvalue weighted by Gasteiger charge is 2.20. The highest BCUT2D eigenvalue weighted by molar-refractivity contribution is 9.10. The maximum absolute atomic E-state index is 13.8. The number of benzene rings is 2. The topological polar surface area (TPSA) is 23.6 Å². The van der Waals surface area contributed by atoms with Gasteiger partial charge in [-0.2, -0.15) is 0 Å². The number of halogens is 3. The van der Waals surface area contributed by atoms with Crippen molar-refractivity contribution in [1.29, 1.82) is 0 Å². The van der Waals surface area contributed by atoms with Crippen molar-refractivity contribution in [3.8, 4) is 0 Å². The van der Waals surface area contributed by atoms with Crippen LogP contribution in [-0.2, 0) is 4.79 Å². The average molecular weight is 456 g/mol. The van der Waals surface area contributed by atoms with Crippen molar-refractivity contribution in [2.24, 2.45) is 0 Å². The maximum Gasteiger partial charge on any atom is 0.246 e. The molecule has 0 aromatic heterocycles. The smallest absolute Gasteiger partial charge is 0.246 e. The molecule has 2 aromatic carbocycles. The predicted octanol–water partition coefficient (Wildman–Crippen LogP) is 5.11. The molecule has 3 nitrogen and oxygen atoms in total. The van der Waals surface area contributed by atoms with E-state index in [-0.39, 0.29) is 5.91 Å². The molecule has 1 aliphatic heterocycles. The zero-order chi connectivity index (χ0) is 18.5. The fraction of sp³-hybridized carbons (Fsp3) is 0.211. The van der Waals surface area contributed by atoms with Crippen molar-refractivity contribution in [3.05, 3.63) is 69.4 Å². The summed E-state index contributed by atoms with van der Waals surface area (Å²) in [7, 11) is 0. The number of hydrogen-bond acceptors (Lipinski definition) is 3. The Balaban J connectivity index is 1.51. The van der Waals surface area contributed by atoms with Gasteiger partial charge in [-0.1, -0.05) is 33.6 Å². The number of piperazine rings is 1. The van der Waals surface area contributed by atoms with E-state index >= 15 is 0 Å². The summed E-state index contributed by atoms with van der Waals surface area (Å²) in [6, 6.07) is 12.6. The van der Waals surface area contributed by atoms with Gasteiger partial charge in [0.15, 0.2) is 0 Å². The fourth-order valence-corrected chi connectivity index (χ4v) is 3.87. The Morgan fingerprint density at radius 2 is 1.81 bits per heavy atom. The molecule has 0 atom stereocenters. The standard InChI is InChI=1S/C19H17BrClFN2OS/c20-15-3-6-17(7-4-15)26-24-11-9-23(10-12-24)19(25)8-2-14-1-5-16(21)13-18(14)22/h1-8,13H,9-12H2/b8-2+. The molecule has 136 valence electrons. The van der Waals surface area contributed by atoms with Crippen LogP contribution < -0.4 is 0 Å². The first kappa shape index (κ1) is 19.4. The van der Waals surface area contributed by atoms with Crippen LogP contribution in [0.25, 0.3) is 6.08 Å². The van der Waals surface area contributed by atoms with Gasteiger partial charge < -0.3 is 4.90 Å². The van der Waals surface area contributed by atoms with Gasteiger partial charge in [-0.15, -0.1) is 0 Å². The van der Waals surface area contributed by atoms with Gasteiger partial charge in [0, 0.05) is 52.2 Å². The molecule has 7 heteroatoms. The molecule has 0 N–H and O–H groups in total. The first-order valence-electron chi connectivity index (χ1n) is 8.12. The minimum absolute atomic E-state index is 0.104. The Morgan fingerprint density at radius 1 is 1.12 bits per heavy atom. The van der Waals surface area contributed by atoms with Gasteiger partial charge in [0.1, 0.15) is 5.82 Å². The lowest BCUT2D eigenvalue weighted by atomic mass is 10.2. The van der Waals surface area contributed by atoms with Gasteiger partial charge in [0.2, 0.25) is 5.91 Å². The largest absolute Gasteiger partial charge is 0.337 e. The van der Waals surface area contributed by atoms with E-state index in [0.717, 1.165) is 17.6 Å². The molecule has 0 bridgehead atoms. The van der Waals surface area contributed by atoms with Gasteiger partial charge in [0.05, 0.1) is 0 Å². The van der Waals surface area contributed by atoms with Gasteiger partial charge in [0.25, 0.3) is 0 Å². The zero-order valence-corrected chi connectivity index (χ0v) is 17.0. The minimum Gasteiger partial charge on any atom is -0.337 e. The second kappa shape index (κ2) is 9.04. The van der Waals surface area contributed by atoms with Gasteiger partial charge in [-0.3, -0.25) is 4.79 Å². The molecular weight excluding hydrogens is 439 g/mol. The molecule has 2 aromatic rings. The number of hydrogen-bond donors (Lipinski definition) is 0. The monoisotopic (exact) mass is 454 g/mol. The van der Waals surface area contributed by atoms with Crippen LogP contribution in [0.4, 0.5) is 4.39 Å². The molecule has 0 saturated carbocycles. The van der Waals surface area contributed by atoms with Gasteiger partial charge in [-0.05, 0) is 54.4 Å². The highest BCUT2D eigenvalue weighted by atomic mass is 79.9. The molecule has 1 amide bonds. The van der Waals surface area contributed by atoms with E-state index in [1.54, 1.807) is 29.0 Å². The van der Waals surface area contributed by atoms with Crippen LogP contribution in [0.1, 0.15) is 5.56 Å². The van der Waals surface area contributed by atoms with Crippen LogP contribution in [-0.4, -0.2) is 41.3 Å². The molecule has 0 spiro atoms. The average Bonchev–Trinajstić information content (AvgIpc) is 2.63. The third kappa shape index (κ3) is 5.33. The third-order valence-corrected chi connectivity index (χ3v) is 5.84. The summed E-state index contributed by atoms with van der Waals surface area (Å²) in [5.41, 5.74) is 0.354. The van der Waals surface area contributed by atoms with E-state index < -0.39 is 5.82 Å². The highest BCUT2D eigenvalue weighted by Crippen LogP contribution is 2.25. The number of nitrogens with zero attached hydrogens (tertiary/aromatic N) is 2. The van der Waals surface area contributed by atoms with Crippen LogP contribution in [0.2, 0.25) is 5.02 Å². The lowest BCUT2D eigenvalue weighted by Crippen LogP contribution is -2.45. The Morgan fingerprint density at radius 3 is 2.46 bits per heavy atom. The molecule has 3 rings (SSSR count). The molecule has 0 radical (unpaired) electrons. The van der Waals surface area contributed by atoms with Crippen molar-refractivity contribution < 1.29 is 9.18 Å². The summed E-state index contributed by atoms with van der Waals surface area (Å²) < 4.78 is 17.1. The van der Waals surface area contributed by atoms with Crippen molar-refractivity contribution in [3.63, 3.8) is 0 Å². The Labute approximate surface area is 170 Å². The lowest BCUT2D eigenvalue weighted by Gasteiger charge is -2.33. The SMILES string of the molecule is O=C(/C=C/c1ccc(Cl)cc1F)N1CCN(Sc2ccc(Br)cc2)CC1. The molecule has 0 aliphatic carbocycles. The first-order chi connectivity index (χ1) is 12.5. The molecule has 1 aliphatic rings. The fourth-order valence-electron chi connectivity index (χ4n) is 2.55. The number of carbonyl (C=O) groups excluding carboxylic acids is 1. The summed E-state index contributed by atoms with van der Waals surface area (Å²) in [6.45, 7) is 2.87. The van der Waals surface area contributed by atoms with Crippen LogP contribution in [0.3, 0.4) is 0 Å². The Bertz CT molecular complexity index is 808. The van der Waals surface area contributed by atoms with Crippen molar-refractivity contribution >= 4 is 51.5 Å².